The van der Waals surface area contributed by atoms with Crippen molar-refractivity contribution in [3.05, 3.63) is 17.2 Å². The van der Waals surface area contributed by atoms with Gasteiger partial charge in [0.1, 0.15) is 11.0 Å². The summed E-state index contributed by atoms with van der Waals surface area (Å²) in [5.41, 5.74) is 0.720. The Bertz CT molecular complexity index is 527. The van der Waals surface area contributed by atoms with E-state index in [4.69, 9.17) is 16.7 Å². The predicted molar refractivity (Wildman–Crippen MR) is 64.7 cm³/mol. The Labute approximate surface area is 104 Å². The van der Waals surface area contributed by atoms with Crippen molar-refractivity contribution in [2.45, 2.75) is 6.54 Å². The van der Waals surface area contributed by atoms with Gasteiger partial charge in [-0.15, -0.1) is 0 Å². The highest BCUT2D eigenvalue weighted by atomic mass is 35.5. The number of aromatic nitrogens is 4. The fourth-order valence-electron chi connectivity index (χ4n) is 1.59. The molecule has 92 valence electrons. The second kappa shape index (κ2) is 4.95. The van der Waals surface area contributed by atoms with Crippen molar-refractivity contribution in [2.24, 2.45) is 7.05 Å². The van der Waals surface area contributed by atoms with Gasteiger partial charge in [0.05, 0.1) is 24.7 Å². The summed E-state index contributed by atoms with van der Waals surface area (Å²) >= 11 is 6.06. The first-order valence-electron chi connectivity index (χ1n) is 5.25. The van der Waals surface area contributed by atoms with Crippen LogP contribution in [0.3, 0.4) is 0 Å². The summed E-state index contributed by atoms with van der Waals surface area (Å²) < 4.78 is 1.67. The number of aliphatic hydroxyl groups excluding tert-OH is 1. The molecular formula is C10H14ClN5O. The van der Waals surface area contributed by atoms with E-state index in [1.807, 2.05) is 19.0 Å². The monoisotopic (exact) mass is 255 g/mol. The Balaban J connectivity index is 2.32. The molecule has 7 heteroatoms. The highest BCUT2D eigenvalue weighted by molar-refractivity contribution is 6.33. The molecule has 0 radical (unpaired) electrons. The number of nitrogens with zero attached hydrogens (tertiary/aromatic N) is 5. The molecule has 0 amide bonds. The Morgan fingerprint density at radius 2 is 2.24 bits per heavy atom. The first-order valence-corrected chi connectivity index (χ1v) is 5.63. The van der Waals surface area contributed by atoms with Gasteiger partial charge in [0.15, 0.2) is 5.65 Å². The van der Waals surface area contributed by atoms with E-state index in [1.54, 1.807) is 10.9 Å². The Morgan fingerprint density at radius 1 is 1.47 bits per heavy atom. The molecule has 0 saturated heterocycles. The van der Waals surface area contributed by atoms with E-state index in [0.717, 1.165) is 11.0 Å². The summed E-state index contributed by atoms with van der Waals surface area (Å²) in [4.78, 5) is 10.5. The Kier molecular flexibility index (Phi) is 3.56. The van der Waals surface area contributed by atoms with Crippen LogP contribution < -0.4 is 0 Å². The maximum absolute atomic E-state index is 8.83. The molecule has 2 aromatic heterocycles. The van der Waals surface area contributed by atoms with Gasteiger partial charge in [-0.25, -0.2) is 9.97 Å². The average Bonchev–Trinajstić information content (AvgIpc) is 2.61. The molecule has 0 aliphatic carbocycles. The maximum atomic E-state index is 8.83. The van der Waals surface area contributed by atoms with Crippen LogP contribution in [0.1, 0.15) is 5.82 Å². The van der Waals surface area contributed by atoms with Crippen molar-refractivity contribution < 1.29 is 5.11 Å². The predicted octanol–water partition coefficient (Wildman–Crippen LogP) is 0.441. The minimum absolute atomic E-state index is 0.109. The molecule has 2 heterocycles. The highest BCUT2D eigenvalue weighted by Gasteiger charge is 2.10. The second-order valence-corrected chi connectivity index (χ2v) is 4.26. The Hall–Kier alpha value is -1.24. The summed E-state index contributed by atoms with van der Waals surface area (Å²) in [5.74, 6) is 0.627. The third-order valence-electron chi connectivity index (χ3n) is 2.48. The van der Waals surface area contributed by atoms with Crippen LogP contribution in [0.15, 0.2) is 6.20 Å². The fraction of sp³-hybridized carbons (Fsp3) is 0.500. The molecule has 0 spiro atoms. The summed E-state index contributed by atoms with van der Waals surface area (Å²) in [6, 6.07) is 0. The topological polar surface area (TPSA) is 67.1 Å². The third kappa shape index (κ3) is 2.54. The van der Waals surface area contributed by atoms with E-state index in [9.17, 15) is 0 Å². The molecule has 0 aliphatic heterocycles. The van der Waals surface area contributed by atoms with Gasteiger partial charge in [-0.1, -0.05) is 11.6 Å². The standard InChI is InChI=1S/C10H14ClN5O/c1-15(3-4-17)6-8-13-9(11)7-5-12-16(2)10(7)14-8/h5,17H,3-4,6H2,1-2H3. The molecule has 1 N–H and O–H groups in total. The molecule has 0 aromatic carbocycles. The number of likely N-dealkylation sites (N-methyl/N-ethyl adjacent to an activating group) is 1. The van der Waals surface area contributed by atoms with E-state index >= 15 is 0 Å². The molecule has 0 fully saturated rings. The van der Waals surface area contributed by atoms with E-state index < -0.39 is 0 Å². The van der Waals surface area contributed by atoms with Crippen molar-refractivity contribution in [1.29, 1.82) is 0 Å². The van der Waals surface area contributed by atoms with Crippen LogP contribution in [0.5, 0.6) is 0 Å². The molecule has 0 atom stereocenters. The number of hydrogen-bond donors (Lipinski definition) is 1. The molecule has 0 saturated carbocycles. The van der Waals surface area contributed by atoms with Crippen LogP contribution in [-0.4, -0.2) is 50.0 Å². The van der Waals surface area contributed by atoms with Crippen LogP contribution in [0.25, 0.3) is 11.0 Å². The second-order valence-electron chi connectivity index (χ2n) is 3.90. The van der Waals surface area contributed by atoms with Gasteiger partial charge in [-0.3, -0.25) is 9.58 Å². The van der Waals surface area contributed by atoms with Gasteiger partial charge in [0, 0.05) is 13.6 Å². The van der Waals surface area contributed by atoms with Crippen LogP contribution in [-0.2, 0) is 13.6 Å². The van der Waals surface area contributed by atoms with E-state index in [-0.39, 0.29) is 6.61 Å². The SMILES string of the molecule is CN(CCO)Cc1nc(Cl)c2cnn(C)c2n1. The van der Waals surface area contributed by atoms with E-state index in [2.05, 4.69) is 15.1 Å². The first-order chi connectivity index (χ1) is 8.11. The molecule has 0 aliphatic rings. The van der Waals surface area contributed by atoms with Crippen molar-refractivity contribution in [3.8, 4) is 0 Å². The summed E-state index contributed by atoms with van der Waals surface area (Å²) in [7, 11) is 3.70. The lowest BCUT2D eigenvalue weighted by Gasteiger charge is -2.13. The smallest absolute Gasteiger partial charge is 0.162 e. The summed E-state index contributed by atoms with van der Waals surface area (Å²) in [6.07, 6.45) is 1.65. The van der Waals surface area contributed by atoms with Crippen molar-refractivity contribution in [3.63, 3.8) is 0 Å². The molecule has 2 aromatic rings. The van der Waals surface area contributed by atoms with Crippen molar-refractivity contribution >= 4 is 22.6 Å². The largest absolute Gasteiger partial charge is 0.395 e. The summed E-state index contributed by atoms with van der Waals surface area (Å²) in [6.45, 7) is 1.23. The normalized spacial score (nSPS) is 11.6. The molecule has 6 nitrogen and oxygen atoms in total. The molecule has 0 unspecified atom stereocenters. The zero-order valence-electron chi connectivity index (χ0n) is 9.76. The average molecular weight is 256 g/mol. The van der Waals surface area contributed by atoms with Gasteiger partial charge in [-0.05, 0) is 7.05 Å². The third-order valence-corrected chi connectivity index (χ3v) is 2.77. The number of halogens is 1. The number of aliphatic hydroxyl groups is 1. The molecule has 0 bridgehead atoms. The van der Waals surface area contributed by atoms with Gasteiger partial charge in [0.25, 0.3) is 0 Å². The first kappa shape index (κ1) is 12.2. The van der Waals surface area contributed by atoms with E-state index in [0.29, 0.717) is 24.1 Å². The van der Waals surface area contributed by atoms with Gasteiger partial charge in [-0.2, -0.15) is 5.10 Å². The highest BCUT2D eigenvalue weighted by Crippen LogP contribution is 2.19. The van der Waals surface area contributed by atoms with Crippen LogP contribution in [0, 0.1) is 0 Å². The minimum Gasteiger partial charge on any atom is -0.395 e. The maximum Gasteiger partial charge on any atom is 0.162 e. The van der Waals surface area contributed by atoms with Crippen molar-refractivity contribution in [1.82, 2.24) is 24.6 Å². The van der Waals surface area contributed by atoms with Crippen LogP contribution in [0.2, 0.25) is 5.15 Å². The van der Waals surface area contributed by atoms with Crippen LogP contribution >= 0.6 is 11.6 Å². The molecule has 17 heavy (non-hydrogen) atoms. The number of hydrogen-bond acceptors (Lipinski definition) is 5. The van der Waals surface area contributed by atoms with Crippen molar-refractivity contribution in [2.75, 3.05) is 20.2 Å². The zero-order chi connectivity index (χ0) is 12.4. The minimum atomic E-state index is 0.109. The number of fused-ring (bicyclic) bond motifs is 1. The molecular weight excluding hydrogens is 242 g/mol. The lowest BCUT2D eigenvalue weighted by atomic mass is 10.4. The molecule has 2 rings (SSSR count). The number of aryl methyl sites for hydroxylation is 1. The number of rotatable bonds is 4. The van der Waals surface area contributed by atoms with E-state index in [1.165, 1.54) is 0 Å². The van der Waals surface area contributed by atoms with Gasteiger partial charge in [0.2, 0.25) is 0 Å². The quantitative estimate of drug-likeness (QED) is 0.803. The lowest BCUT2D eigenvalue weighted by molar-refractivity contribution is 0.214. The summed E-state index contributed by atoms with van der Waals surface area (Å²) in [5, 5.41) is 14.1. The van der Waals surface area contributed by atoms with Crippen LogP contribution in [0.4, 0.5) is 0 Å². The zero-order valence-corrected chi connectivity index (χ0v) is 10.5. The van der Waals surface area contributed by atoms with Gasteiger partial charge >= 0.3 is 0 Å². The fourth-order valence-corrected chi connectivity index (χ4v) is 1.82. The Morgan fingerprint density at radius 3 is 2.94 bits per heavy atom. The lowest BCUT2D eigenvalue weighted by Crippen LogP contribution is -2.22. The van der Waals surface area contributed by atoms with Gasteiger partial charge < -0.3 is 5.11 Å².